The van der Waals surface area contributed by atoms with Crippen molar-refractivity contribution in [1.82, 2.24) is 4.90 Å². The summed E-state index contributed by atoms with van der Waals surface area (Å²) in [5, 5.41) is 5.76. The van der Waals surface area contributed by atoms with E-state index >= 15 is 0 Å². The summed E-state index contributed by atoms with van der Waals surface area (Å²) in [7, 11) is 0. The molecule has 0 radical (unpaired) electrons. The number of rotatable bonds is 9. The predicted molar refractivity (Wildman–Crippen MR) is 122 cm³/mol. The van der Waals surface area contributed by atoms with Crippen molar-refractivity contribution in [2.75, 3.05) is 43.5 Å². The Kier molecular flexibility index (Phi) is 7.89. The molecular weight excluding hydrogens is 394 g/mol. The summed E-state index contributed by atoms with van der Waals surface area (Å²) >= 11 is 0. The fourth-order valence-electron chi connectivity index (χ4n) is 3.34. The van der Waals surface area contributed by atoms with Gasteiger partial charge in [-0.25, -0.2) is 0 Å². The minimum absolute atomic E-state index is 0.116. The molecule has 0 bridgehead atoms. The number of benzene rings is 2. The number of anilines is 2. The zero-order chi connectivity index (χ0) is 22.2. The van der Waals surface area contributed by atoms with Gasteiger partial charge in [0, 0.05) is 17.4 Å². The van der Waals surface area contributed by atoms with Crippen LogP contribution in [0.3, 0.4) is 0 Å². The number of ether oxygens (including phenoxy) is 2. The molecule has 31 heavy (non-hydrogen) atoms. The van der Waals surface area contributed by atoms with Crippen LogP contribution in [0.25, 0.3) is 0 Å². The number of nitrogens with zero attached hydrogens (tertiary/aromatic N) is 1. The van der Waals surface area contributed by atoms with Gasteiger partial charge in [-0.15, -0.1) is 0 Å². The van der Waals surface area contributed by atoms with E-state index in [1.807, 2.05) is 31.2 Å². The van der Waals surface area contributed by atoms with Gasteiger partial charge in [0.15, 0.2) is 11.5 Å². The van der Waals surface area contributed by atoms with Crippen molar-refractivity contribution in [3.05, 3.63) is 48.0 Å². The van der Waals surface area contributed by atoms with Crippen LogP contribution < -0.4 is 20.1 Å². The summed E-state index contributed by atoms with van der Waals surface area (Å²) in [5.41, 5.74) is 2.65. The highest BCUT2D eigenvalue weighted by atomic mass is 16.6. The van der Waals surface area contributed by atoms with Gasteiger partial charge in [0.05, 0.1) is 13.1 Å². The summed E-state index contributed by atoms with van der Waals surface area (Å²) < 4.78 is 11.0. The number of carbonyl (C=O) groups is 2. The van der Waals surface area contributed by atoms with E-state index in [9.17, 15) is 9.59 Å². The average Bonchev–Trinajstić information content (AvgIpc) is 2.78. The molecule has 0 saturated heterocycles. The third-order valence-corrected chi connectivity index (χ3v) is 5.38. The highest BCUT2D eigenvalue weighted by molar-refractivity contribution is 5.94. The largest absolute Gasteiger partial charge is 0.486 e. The van der Waals surface area contributed by atoms with Crippen LogP contribution in [0.15, 0.2) is 42.5 Å². The number of amides is 2. The molecule has 166 valence electrons. The summed E-state index contributed by atoms with van der Waals surface area (Å²) in [5.74, 6) is 1.45. The van der Waals surface area contributed by atoms with Gasteiger partial charge in [0.25, 0.3) is 0 Å². The van der Waals surface area contributed by atoms with Crippen LogP contribution in [-0.4, -0.2) is 49.6 Å². The molecule has 0 aliphatic carbocycles. The quantitative estimate of drug-likeness (QED) is 0.638. The van der Waals surface area contributed by atoms with Crippen molar-refractivity contribution in [3.63, 3.8) is 0 Å². The van der Waals surface area contributed by atoms with Gasteiger partial charge < -0.3 is 20.1 Å². The van der Waals surface area contributed by atoms with E-state index in [0.717, 1.165) is 12.1 Å². The molecule has 2 amide bonds. The van der Waals surface area contributed by atoms with Gasteiger partial charge in [-0.1, -0.05) is 32.9 Å². The van der Waals surface area contributed by atoms with E-state index in [4.69, 9.17) is 9.47 Å². The summed E-state index contributed by atoms with van der Waals surface area (Å²) in [6.07, 6.45) is 1.07. The van der Waals surface area contributed by atoms with Crippen molar-refractivity contribution in [3.8, 4) is 11.5 Å². The lowest BCUT2D eigenvalue weighted by Gasteiger charge is -2.21. The van der Waals surface area contributed by atoms with Crippen molar-refractivity contribution in [1.29, 1.82) is 0 Å². The van der Waals surface area contributed by atoms with Crippen LogP contribution >= 0.6 is 0 Å². The zero-order valence-corrected chi connectivity index (χ0v) is 18.4. The SMILES string of the molecule is CC[C@@H](C)c1ccc(NC(=O)CN(CC)CC(=O)Nc2ccc3c(c2)OCCO3)cc1. The number of nitrogens with one attached hydrogen (secondary N) is 2. The average molecular weight is 426 g/mol. The molecule has 1 atom stereocenters. The number of hydrogen-bond acceptors (Lipinski definition) is 5. The molecule has 1 heterocycles. The first kappa shape index (κ1) is 22.6. The van der Waals surface area contributed by atoms with Gasteiger partial charge in [-0.2, -0.15) is 0 Å². The van der Waals surface area contributed by atoms with E-state index < -0.39 is 0 Å². The molecule has 1 aliphatic rings. The number of likely N-dealkylation sites (N-methyl/N-ethyl adjacent to an activating group) is 1. The van der Waals surface area contributed by atoms with Crippen LogP contribution in [0.1, 0.15) is 38.7 Å². The highest BCUT2D eigenvalue weighted by Crippen LogP contribution is 2.32. The molecule has 2 aromatic carbocycles. The van der Waals surface area contributed by atoms with E-state index in [1.165, 1.54) is 5.56 Å². The minimum atomic E-state index is -0.191. The maximum atomic E-state index is 12.5. The molecule has 0 saturated carbocycles. The second-order valence-corrected chi connectivity index (χ2v) is 7.69. The van der Waals surface area contributed by atoms with Gasteiger partial charge in [0.1, 0.15) is 13.2 Å². The molecule has 7 nitrogen and oxygen atoms in total. The Balaban J connectivity index is 1.50. The van der Waals surface area contributed by atoms with Gasteiger partial charge in [-0.05, 0) is 48.7 Å². The monoisotopic (exact) mass is 425 g/mol. The Labute approximate surface area is 183 Å². The lowest BCUT2D eigenvalue weighted by molar-refractivity contribution is -0.119. The van der Waals surface area contributed by atoms with Crippen LogP contribution in [0.5, 0.6) is 11.5 Å². The smallest absolute Gasteiger partial charge is 0.238 e. The fraction of sp³-hybridized carbons (Fsp3) is 0.417. The zero-order valence-electron chi connectivity index (χ0n) is 18.4. The Hall–Kier alpha value is -3.06. The molecule has 7 heteroatoms. The first-order valence-corrected chi connectivity index (χ1v) is 10.8. The summed E-state index contributed by atoms with van der Waals surface area (Å²) in [6.45, 7) is 8.11. The lowest BCUT2D eigenvalue weighted by atomic mass is 9.99. The topological polar surface area (TPSA) is 79.9 Å². The van der Waals surface area contributed by atoms with Gasteiger partial charge >= 0.3 is 0 Å². The Bertz CT molecular complexity index is 898. The molecule has 0 fully saturated rings. The van der Waals surface area contributed by atoms with Crippen LogP contribution in [0, 0.1) is 0 Å². The third kappa shape index (κ3) is 6.46. The third-order valence-electron chi connectivity index (χ3n) is 5.38. The maximum absolute atomic E-state index is 12.5. The van der Waals surface area contributed by atoms with E-state index in [1.54, 1.807) is 23.1 Å². The van der Waals surface area contributed by atoms with Crippen LogP contribution in [0.2, 0.25) is 0 Å². The van der Waals surface area contributed by atoms with Gasteiger partial charge in [0.2, 0.25) is 11.8 Å². The van der Waals surface area contributed by atoms with Crippen molar-refractivity contribution in [2.24, 2.45) is 0 Å². The Morgan fingerprint density at radius 2 is 1.48 bits per heavy atom. The molecule has 3 rings (SSSR count). The predicted octanol–water partition coefficient (Wildman–Crippen LogP) is 3.87. The minimum Gasteiger partial charge on any atom is -0.486 e. The molecule has 1 aliphatic heterocycles. The Morgan fingerprint density at radius 3 is 2.10 bits per heavy atom. The second-order valence-electron chi connectivity index (χ2n) is 7.69. The number of hydrogen-bond donors (Lipinski definition) is 2. The van der Waals surface area contributed by atoms with Crippen LogP contribution in [-0.2, 0) is 9.59 Å². The van der Waals surface area contributed by atoms with Crippen molar-refractivity contribution in [2.45, 2.75) is 33.1 Å². The van der Waals surface area contributed by atoms with Crippen molar-refractivity contribution >= 4 is 23.2 Å². The molecule has 0 unspecified atom stereocenters. The van der Waals surface area contributed by atoms with E-state index in [2.05, 4.69) is 24.5 Å². The van der Waals surface area contributed by atoms with Crippen LogP contribution in [0.4, 0.5) is 11.4 Å². The van der Waals surface area contributed by atoms with E-state index in [0.29, 0.717) is 42.9 Å². The molecule has 2 N–H and O–H groups in total. The fourth-order valence-corrected chi connectivity index (χ4v) is 3.34. The first-order chi connectivity index (χ1) is 15.0. The van der Waals surface area contributed by atoms with Crippen molar-refractivity contribution < 1.29 is 19.1 Å². The molecular formula is C24H31N3O4. The molecule has 2 aromatic rings. The first-order valence-electron chi connectivity index (χ1n) is 10.8. The lowest BCUT2D eigenvalue weighted by Crippen LogP contribution is -2.38. The normalized spacial score (nSPS) is 13.5. The second kappa shape index (κ2) is 10.8. The van der Waals surface area contributed by atoms with E-state index in [-0.39, 0.29) is 24.9 Å². The number of carbonyl (C=O) groups excluding carboxylic acids is 2. The molecule has 0 spiro atoms. The highest BCUT2D eigenvalue weighted by Gasteiger charge is 2.16. The molecule has 0 aromatic heterocycles. The maximum Gasteiger partial charge on any atom is 0.238 e. The Morgan fingerprint density at radius 1 is 0.903 bits per heavy atom. The standard InChI is InChI=1S/C24H31N3O4/c1-4-17(3)18-6-8-19(9-7-18)25-23(28)15-27(5-2)16-24(29)26-20-10-11-21-22(14-20)31-13-12-30-21/h6-11,14,17H,4-5,12-13,15-16H2,1-3H3,(H,25,28)(H,26,29)/t17-/m1/s1. The number of fused-ring (bicyclic) bond motifs is 1. The summed E-state index contributed by atoms with van der Waals surface area (Å²) in [6, 6.07) is 13.2. The summed E-state index contributed by atoms with van der Waals surface area (Å²) in [4.78, 5) is 26.7. The van der Waals surface area contributed by atoms with Gasteiger partial charge in [-0.3, -0.25) is 14.5 Å².